The van der Waals surface area contributed by atoms with Crippen LogP contribution in [0.15, 0.2) is 97.1 Å². The van der Waals surface area contributed by atoms with Gasteiger partial charge in [-0.05, 0) is 34.1 Å². The minimum atomic E-state index is -1.74. The Morgan fingerprint density at radius 1 is 0.315 bits per heavy atom. The standard InChI is InChI=1S/C66H111NP2Si4/c1-13-42-70(43-14-2,44-15-3)63-38-28-34-59(54-63)68(60-35-29-39-64(55-60)71(45-16-4,46-17-5)47-18-6)67(58-32-26-25-27-33-58)69(61-36-30-40-65(56-61)72(48-19-7,49-20-8)50-21-9)62-37-31-41-66(57-62)73(51-22-10,52-23-11)53-24-12/h28-31,34-41,54-58H,13-27,32-33,42-53H2,1-12H3. The molecule has 73 heavy (non-hydrogen) atoms. The molecule has 1 fully saturated rings. The number of hydrogen-bond donors (Lipinski definition) is 0. The van der Waals surface area contributed by atoms with Crippen molar-refractivity contribution in [1.82, 2.24) is 4.44 Å². The number of hydrogen-bond acceptors (Lipinski definition) is 1. The lowest BCUT2D eigenvalue weighted by molar-refractivity contribution is 0.355. The molecule has 0 N–H and O–H groups in total. The van der Waals surface area contributed by atoms with Crippen LogP contribution in [0.3, 0.4) is 0 Å². The zero-order chi connectivity index (χ0) is 52.7. The first-order valence-corrected chi connectivity index (χ1v) is 44.5. The summed E-state index contributed by atoms with van der Waals surface area (Å²) in [6, 6.07) is 60.7. The van der Waals surface area contributed by atoms with Crippen molar-refractivity contribution in [3.05, 3.63) is 97.1 Å². The topological polar surface area (TPSA) is 3.24 Å². The van der Waals surface area contributed by atoms with Crippen LogP contribution >= 0.6 is 16.1 Å². The first-order chi connectivity index (χ1) is 35.6. The largest absolute Gasteiger partial charge is 0.242 e. The lowest BCUT2D eigenvalue weighted by atomic mass is 9.96. The maximum Gasteiger partial charge on any atom is 0.0867 e. The summed E-state index contributed by atoms with van der Waals surface area (Å²) in [5.74, 6) is 0. The summed E-state index contributed by atoms with van der Waals surface area (Å²) in [6.45, 7) is 29.7. The van der Waals surface area contributed by atoms with Crippen molar-refractivity contribution in [3.63, 3.8) is 0 Å². The van der Waals surface area contributed by atoms with Crippen LogP contribution in [-0.2, 0) is 0 Å². The quantitative estimate of drug-likeness (QED) is 0.0328. The molecular weight excluding hydrogens is 981 g/mol. The van der Waals surface area contributed by atoms with E-state index in [1.54, 1.807) is 42.0 Å². The van der Waals surface area contributed by atoms with Crippen molar-refractivity contribution < 1.29 is 0 Å². The van der Waals surface area contributed by atoms with Crippen LogP contribution < -0.4 is 42.0 Å². The Bertz CT molecular complexity index is 1820. The monoisotopic (exact) mass is 1090 g/mol. The second kappa shape index (κ2) is 31.8. The van der Waals surface area contributed by atoms with Gasteiger partial charge in [0.25, 0.3) is 0 Å². The zero-order valence-electron chi connectivity index (χ0n) is 49.7. The molecule has 0 bridgehead atoms. The molecule has 1 nitrogen and oxygen atoms in total. The average molecular weight is 1090 g/mol. The van der Waals surface area contributed by atoms with Crippen LogP contribution in [-0.4, -0.2) is 42.8 Å². The number of benzene rings is 4. The molecule has 4 aromatic carbocycles. The summed E-state index contributed by atoms with van der Waals surface area (Å²) >= 11 is 0. The smallest absolute Gasteiger partial charge is 0.0867 e. The highest BCUT2D eigenvalue weighted by atomic mass is 31.2. The molecule has 406 valence electrons. The SMILES string of the molecule is CCC[Si](CCC)(CCC)c1cccc(P(c2cccc([Si](CCC)(CCC)CCC)c2)N(C2CCCCC2)P(c2cccc([Si](CCC)(CCC)CCC)c2)c2cccc([Si](CCC)(CCC)CCC)c2)c1. The van der Waals surface area contributed by atoms with Crippen molar-refractivity contribution in [2.75, 3.05) is 0 Å². The third kappa shape index (κ3) is 15.4. The van der Waals surface area contributed by atoms with Gasteiger partial charge in [0, 0.05) is 22.2 Å². The van der Waals surface area contributed by atoms with E-state index in [1.165, 1.54) is 182 Å². The Morgan fingerprint density at radius 2 is 0.521 bits per heavy atom. The van der Waals surface area contributed by atoms with Gasteiger partial charge in [0.15, 0.2) is 0 Å². The van der Waals surface area contributed by atoms with Gasteiger partial charge in [-0.25, -0.2) is 4.44 Å². The zero-order valence-corrected chi connectivity index (χ0v) is 55.5. The van der Waals surface area contributed by atoms with Crippen molar-refractivity contribution in [3.8, 4) is 0 Å². The second-order valence-corrected chi connectivity index (χ2v) is 46.6. The molecular formula is C66H111NP2Si4. The van der Waals surface area contributed by atoms with Crippen LogP contribution in [0.1, 0.15) is 192 Å². The minimum absolute atomic E-state index is 0.548. The molecule has 1 aliphatic rings. The molecule has 0 spiro atoms. The van der Waals surface area contributed by atoms with E-state index < -0.39 is 48.4 Å². The molecule has 0 saturated heterocycles. The van der Waals surface area contributed by atoms with Crippen LogP contribution in [0.4, 0.5) is 0 Å². The van der Waals surface area contributed by atoms with Gasteiger partial charge in [0.05, 0.1) is 32.3 Å². The number of nitrogens with zero attached hydrogens (tertiary/aromatic N) is 1. The Morgan fingerprint density at radius 3 is 0.712 bits per heavy atom. The summed E-state index contributed by atoms with van der Waals surface area (Å²) in [7, 11) is -8.76. The van der Waals surface area contributed by atoms with Gasteiger partial charge in [0.1, 0.15) is 0 Å². The lowest BCUT2D eigenvalue weighted by Crippen LogP contribution is -2.50. The fraction of sp³-hybridized carbons (Fsp3) is 0.636. The highest BCUT2D eigenvalue weighted by Gasteiger charge is 2.42. The van der Waals surface area contributed by atoms with Crippen molar-refractivity contribution in [2.24, 2.45) is 0 Å². The van der Waals surface area contributed by atoms with Gasteiger partial charge in [-0.2, -0.15) is 0 Å². The van der Waals surface area contributed by atoms with Gasteiger partial charge in [0.2, 0.25) is 0 Å². The van der Waals surface area contributed by atoms with Crippen molar-refractivity contribution in [1.29, 1.82) is 0 Å². The van der Waals surface area contributed by atoms with Crippen molar-refractivity contribution in [2.45, 2.75) is 271 Å². The average Bonchev–Trinajstić information content (AvgIpc) is 3.40. The van der Waals surface area contributed by atoms with Gasteiger partial charge in [-0.1, -0.05) is 370 Å². The maximum atomic E-state index is 3.39. The van der Waals surface area contributed by atoms with Gasteiger partial charge >= 0.3 is 0 Å². The summed E-state index contributed by atoms with van der Waals surface area (Å²) in [5.41, 5.74) is 0. The molecule has 0 radical (unpaired) electrons. The third-order valence-electron chi connectivity index (χ3n) is 17.9. The molecule has 5 rings (SSSR count). The molecule has 7 heteroatoms. The highest BCUT2D eigenvalue weighted by Crippen LogP contribution is 2.58. The van der Waals surface area contributed by atoms with E-state index in [0.717, 1.165) is 0 Å². The lowest BCUT2D eigenvalue weighted by Gasteiger charge is -2.46. The highest BCUT2D eigenvalue weighted by molar-refractivity contribution is 7.84. The first kappa shape index (κ1) is 62.4. The normalized spacial score (nSPS) is 14.3. The van der Waals surface area contributed by atoms with Crippen LogP contribution in [0.5, 0.6) is 0 Å². The molecule has 0 unspecified atom stereocenters. The minimum Gasteiger partial charge on any atom is -0.242 e. The molecule has 4 aromatic rings. The third-order valence-corrected chi connectivity index (χ3v) is 47.1. The van der Waals surface area contributed by atoms with Gasteiger partial charge < -0.3 is 0 Å². The van der Waals surface area contributed by atoms with E-state index in [2.05, 4.69) is 185 Å². The fourth-order valence-corrected chi connectivity index (χ4v) is 44.0. The van der Waals surface area contributed by atoms with E-state index in [1.807, 2.05) is 0 Å². The van der Waals surface area contributed by atoms with Crippen LogP contribution in [0, 0.1) is 0 Å². The number of rotatable bonds is 35. The molecule has 0 amide bonds. The maximum absolute atomic E-state index is 3.39. The van der Waals surface area contributed by atoms with E-state index in [4.69, 9.17) is 0 Å². The Labute approximate surface area is 459 Å². The summed E-state index contributed by atoms with van der Waals surface area (Å²) < 4.78 is 3.39. The summed E-state index contributed by atoms with van der Waals surface area (Å²) in [6.07, 6.45) is 22.3. The molecule has 0 atom stereocenters. The Kier molecular flexibility index (Phi) is 27.2. The van der Waals surface area contributed by atoms with Crippen LogP contribution in [0.25, 0.3) is 0 Å². The van der Waals surface area contributed by atoms with Crippen LogP contribution in [0.2, 0.25) is 72.5 Å². The second-order valence-electron chi connectivity index (χ2n) is 23.6. The molecule has 1 aliphatic carbocycles. The van der Waals surface area contributed by atoms with Crippen molar-refractivity contribution >= 4 is 90.4 Å². The molecule has 0 aromatic heterocycles. The van der Waals surface area contributed by atoms with E-state index in [-0.39, 0.29) is 0 Å². The van der Waals surface area contributed by atoms with E-state index in [0.29, 0.717) is 6.04 Å². The van der Waals surface area contributed by atoms with Gasteiger partial charge in [-0.3, -0.25) is 0 Å². The Hall–Kier alpha value is -1.43. The molecule has 0 heterocycles. The molecule has 1 saturated carbocycles. The predicted molar refractivity (Wildman–Crippen MR) is 350 cm³/mol. The predicted octanol–water partition coefficient (Wildman–Crippen LogP) is 18.3. The first-order valence-electron chi connectivity index (χ1n) is 31.4. The van der Waals surface area contributed by atoms with E-state index in [9.17, 15) is 0 Å². The fourth-order valence-electron chi connectivity index (χ4n) is 15.3. The molecule has 0 aliphatic heterocycles. The van der Waals surface area contributed by atoms with E-state index >= 15 is 0 Å². The Balaban J connectivity index is 2.01. The summed E-state index contributed by atoms with van der Waals surface area (Å²) in [5, 5.41) is 13.7. The van der Waals surface area contributed by atoms with Gasteiger partial charge in [-0.15, -0.1) is 0 Å². The summed E-state index contributed by atoms with van der Waals surface area (Å²) in [4.78, 5) is 0.